The van der Waals surface area contributed by atoms with Crippen molar-refractivity contribution in [2.24, 2.45) is 5.73 Å². The zero-order valence-corrected chi connectivity index (χ0v) is 20.3. The summed E-state index contributed by atoms with van der Waals surface area (Å²) in [4.78, 5) is 8.93. The number of aryl methyl sites for hydroxylation is 1. The number of pyridine rings is 2. The Balaban J connectivity index is 0.00000158. The predicted octanol–water partition coefficient (Wildman–Crippen LogP) is 7.13. The molecule has 0 fully saturated rings. The van der Waals surface area contributed by atoms with Gasteiger partial charge in [0.2, 0.25) is 0 Å². The van der Waals surface area contributed by atoms with E-state index in [2.05, 4.69) is 22.4 Å². The van der Waals surface area contributed by atoms with Crippen molar-refractivity contribution in [2.75, 3.05) is 11.9 Å². The number of hydrogen-bond acceptors (Lipinski definition) is 4. The molecule has 0 saturated carbocycles. The highest BCUT2D eigenvalue weighted by atomic mass is 35.5. The van der Waals surface area contributed by atoms with E-state index in [1.54, 1.807) is 24.5 Å². The molecule has 4 aromatic rings. The van der Waals surface area contributed by atoms with Gasteiger partial charge >= 0.3 is 0 Å². The second-order valence-corrected chi connectivity index (χ2v) is 7.87. The molecule has 0 aliphatic rings. The summed E-state index contributed by atoms with van der Waals surface area (Å²) in [6, 6.07) is 20.7. The van der Waals surface area contributed by atoms with Gasteiger partial charge in [0.1, 0.15) is 11.6 Å². The quantitative estimate of drug-likeness (QED) is 0.265. The topological polar surface area (TPSA) is 63.8 Å². The van der Waals surface area contributed by atoms with Crippen LogP contribution in [0.15, 0.2) is 79.1 Å². The standard InChI is InChI=1S/C26H24ClFN4.C2H6/c27-23-9-7-20(16-24(23)28)22-8-10-25(32-26(22)19-11-14-30-15-12-19)31-13-3-6-18-4-1-2-5-21(18)17-29;1-2/h1-2,4-5,7-12,14-16H,3,6,13,17,29H2,(H,31,32);1-2H3. The largest absolute Gasteiger partial charge is 0.370 e. The van der Waals surface area contributed by atoms with Crippen LogP contribution < -0.4 is 11.1 Å². The molecule has 2 aromatic heterocycles. The normalized spacial score (nSPS) is 10.4. The summed E-state index contributed by atoms with van der Waals surface area (Å²) in [5.41, 5.74) is 11.5. The molecule has 2 aromatic carbocycles. The van der Waals surface area contributed by atoms with Crippen molar-refractivity contribution in [1.29, 1.82) is 0 Å². The molecule has 2 heterocycles. The number of nitrogens with one attached hydrogen (secondary N) is 1. The molecule has 176 valence electrons. The fraction of sp³-hybridized carbons (Fsp3) is 0.214. The van der Waals surface area contributed by atoms with Gasteiger partial charge in [0.15, 0.2) is 0 Å². The van der Waals surface area contributed by atoms with E-state index in [0.717, 1.165) is 47.6 Å². The summed E-state index contributed by atoms with van der Waals surface area (Å²) in [6.07, 6.45) is 5.34. The fourth-order valence-corrected chi connectivity index (χ4v) is 3.80. The van der Waals surface area contributed by atoms with Crippen LogP contribution in [0.5, 0.6) is 0 Å². The number of hydrogen-bond donors (Lipinski definition) is 2. The zero-order valence-electron chi connectivity index (χ0n) is 19.6. The Kier molecular flexibility index (Phi) is 9.56. The van der Waals surface area contributed by atoms with Crippen molar-refractivity contribution in [1.82, 2.24) is 9.97 Å². The average molecular weight is 477 g/mol. The minimum atomic E-state index is -0.454. The number of anilines is 1. The number of rotatable bonds is 8. The van der Waals surface area contributed by atoms with Crippen LogP contribution >= 0.6 is 11.6 Å². The maximum absolute atomic E-state index is 14.1. The molecule has 0 aliphatic carbocycles. The average Bonchev–Trinajstić information content (AvgIpc) is 2.90. The molecule has 0 spiro atoms. The molecule has 4 nitrogen and oxygen atoms in total. The van der Waals surface area contributed by atoms with Crippen LogP contribution in [0.1, 0.15) is 31.4 Å². The van der Waals surface area contributed by atoms with E-state index in [9.17, 15) is 4.39 Å². The van der Waals surface area contributed by atoms with Crippen LogP contribution in [0.25, 0.3) is 22.4 Å². The monoisotopic (exact) mass is 476 g/mol. The molecule has 34 heavy (non-hydrogen) atoms. The smallest absolute Gasteiger partial charge is 0.142 e. The highest BCUT2D eigenvalue weighted by Crippen LogP contribution is 2.33. The van der Waals surface area contributed by atoms with E-state index in [0.29, 0.717) is 6.54 Å². The highest BCUT2D eigenvalue weighted by molar-refractivity contribution is 6.30. The molecule has 0 amide bonds. The van der Waals surface area contributed by atoms with E-state index in [4.69, 9.17) is 22.3 Å². The molecule has 0 saturated heterocycles. The maximum Gasteiger partial charge on any atom is 0.142 e. The molecular formula is C28H30ClFN4. The van der Waals surface area contributed by atoms with Gasteiger partial charge in [-0.25, -0.2) is 9.37 Å². The summed E-state index contributed by atoms with van der Waals surface area (Å²) >= 11 is 5.87. The third-order valence-corrected chi connectivity index (χ3v) is 5.65. The third-order valence-electron chi connectivity index (χ3n) is 5.35. The Hall–Kier alpha value is -3.28. The summed E-state index contributed by atoms with van der Waals surface area (Å²) in [5, 5.41) is 3.51. The van der Waals surface area contributed by atoms with E-state index in [-0.39, 0.29) is 5.02 Å². The van der Waals surface area contributed by atoms with Crippen LogP contribution in [0, 0.1) is 5.82 Å². The van der Waals surface area contributed by atoms with Crippen molar-refractivity contribution < 1.29 is 4.39 Å². The lowest BCUT2D eigenvalue weighted by molar-refractivity contribution is 0.629. The lowest BCUT2D eigenvalue weighted by atomic mass is 9.99. The maximum atomic E-state index is 14.1. The lowest BCUT2D eigenvalue weighted by Gasteiger charge is -2.13. The zero-order chi connectivity index (χ0) is 24.3. The van der Waals surface area contributed by atoms with Gasteiger partial charge in [-0.2, -0.15) is 0 Å². The molecular weight excluding hydrogens is 447 g/mol. The second-order valence-electron chi connectivity index (χ2n) is 7.46. The van der Waals surface area contributed by atoms with Crippen LogP contribution in [-0.4, -0.2) is 16.5 Å². The van der Waals surface area contributed by atoms with Crippen molar-refractivity contribution >= 4 is 17.4 Å². The Labute approximate surface area is 206 Å². The van der Waals surface area contributed by atoms with Crippen molar-refractivity contribution in [3.63, 3.8) is 0 Å². The molecule has 0 aliphatic heterocycles. The first-order valence-electron chi connectivity index (χ1n) is 11.5. The van der Waals surface area contributed by atoms with Crippen LogP contribution in [-0.2, 0) is 13.0 Å². The van der Waals surface area contributed by atoms with Crippen molar-refractivity contribution in [3.8, 4) is 22.4 Å². The van der Waals surface area contributed by atoms with Gasteiger partial charge in [-0.3, -0.25) is 4.98 Å². The number of benzene rings is 2. The lowest BCUT2D eigenvalue weighted by Crippen LogP contribution is -2.07. The molecule has 0 radical (unpaired) electrons. The summed E-state index contributed by atoms with van der Waals surface area (Å²) < 4.78 is 14.1. The highest BCUT2D eigenvalue weighted by Gasteiger charge is 2.12. The van der Waals surface area contributed by atoms with Crippen LogP contribution in [0.4, 0.5) is 10.2 Å². The van der Waals surface area contributed by atoms with Crippen molar-refractivity contribution in [2.45, 2.75) is 33.2 Å². The van der Waals surface area contributed by atoms with E-state index in [1.165, 1.54) is 17.2 Å². The van der Waals surface area contributed by atoms with Gasteiger partial charge in [0.25, 0.3) is 0 Å². The Bertz CT molecular complexity index is 1200. The van der Waals surface area contributed by atoms with Gasteiger partial charge in [0.05, 0.1) is 10.7 Å². The number of nitrogens with zero attached hydrogens (tertiary/aromatic N) is 2. The van der Waals surface area contributed by atoms with Gasteiger partial charge in [-0.1, -0.05) is 55.8 Å². The van der Waals surface area contributed by atoms with Crippen LogP contribution in [0.2, 0.25) is 5.02 Å². The van der Waals surface area contributed by atoms with Gasteiger partial charge in [-0.15, -0.1) is 0 Å². The predicted molar refractivity (Wildman–Crippen MR) is 140 cm³/mol. The van der Waals surface area contributed by atoms with Crippen LogP contribution in [0.3, 0.4) is 0 Å². The van der Waals surface area contributed by atoms with E-state index in [1.807, 2.05) is 50.2 Å². The first-order valence-corrected chi connectivity index (χ1v) is 11.9. The van der Waals surface area contributed by atoms with E-state index >= 15 is 0 Å². The molecule has 6 heteroatoms. The summed E-state index contributed by atoms with van der Waals surface area (Å²) in [5.74, 6) is 0.312. The Morgan fingerprint density at radius 3 is 2.35 bits per heavy atom. The third kappa shape index (κ3) is 6.40. The molecule has 0 bridgehead atoms. The number of nitrogens with two attached hydrogens (primary N) is 1. The van der Waals surface area contributed by atoms with Gasteiger partial charge in [0, 0.05) is 36.6 Å². The Morgan fingerprint density at radius 2 is 1.65 bits per heavy atom. The van der Waals surface area contributed by atoms with Crippen molar-refractivity contribution in [3.05, 3.63) is 101 Å². The van der Waals surface area contributed by atoms with Gasteiger partial charge in [-0.05, 0) is 65.9 Å². The first-order chi connectivity index (χ1) is 16.7. The summed E-state index contributed by atoms with van der Waals surface area (Å²) in [7, 11) is 0. The number of halogens is 2. The number of aromatic nitrogens is 2. The first kappa shape index (κ1) is 25.3. The molecule has 0 unspecified atom stereocenters. The Morgan fingerprint density at radius 1 is 0.912 bits per heavy atom. The molecule has 3 N–H and O–H groups in total. The fourth-order valence-electron chi connectivity index (χ4n) is 3.68. The minimum Gasteiger partial charge on any atom is -0.370 e. The molecule has 4 rings (SSSR count). The summed E-state index contributed by atoms with van der Waals surface area (Å²) in [6.45, 7) is 5.32. The van der Waals surface area contributed by atoms with E-state index < -0.39 is 5.82 Å². The minimum absolute atomic E-state index is 0.0988. The SMILES string of the molecule is CC.NCc1ccccc1CCCNc1ccc(-c2ccc(Cl)c(F)c2)c(-c2ccncc2)n1. The second kappa shape index (κ2) is 12.8. The van der Waals surface area contributed by atoms with Gasteiger partial charge < -0.3 is 11.1 Å². The molecule has 0 atom stereocenters.